The maximum atomic E-state index is 12.6. The molecule has 8 heteroatoms. The van der Waals surface area contributed by atoms with Crippen molar-refractivity contribution >= 4 is 12.1 Å². The Balaban J connectivity index is 0.000000209. The SMILES string of the molecule is CC(C)[C@@H]1CN(C2CC2)CCN1C(=O)NCCCCc1ccccc1.CC(C)[C@@H]1CN(C2CC2)CCN1C(=O)OC(C)(C)C. The Morgan fingerprint density at radius 3 is 1.82 bits per heavy atom. The van der Waals surface area contributed by atoms with E-state index in [4.69, 9.17) is 4.74 Å². The van der Waals surface area contributed by atoms with Crippen LogP contribution in [0.25, 0.3) is 0 Å². The van der Waals surface area contributed by atoms with Crippen molar-refractivity contribution < 1.29 is 14.3 Å². The van der Waals surface area contributed by atoms with Crippen LogP contribution in [0.15, 0.2) is 30.3 Å². The van der Waals surface area contributed by atoms with Crippen LogP contribution in [0.2, 0.25) is 0 Å². The molecule has 8 nitrogen and oxygen atoms in total. The molecular weight excluding hydrogens is 550 g/mol. The van der Waals surface area contributed by atoms with Gasteiger partial charge < -0.3 is 19.9 Å². The first-order valence-electron chi connectivity index (χ1n) is 17.5. The second kappa shape index (κ2) is 15.8. The van der Waals surface area contributed by atoms with Gasteiger partial charge >= 0.3 is 12.1 Å². The molecule has 3 amide bonds. The van der Waals surface area contributed by atoms with Gasteiger partial charge in [-0.05, 0) is 83.1 Å². The van der Waals surface area contributed by atoms with E-state index >= 15 is 0 Å². The lowest BCUT2D eigenvalue weighted by Gasteiger charge is -2.43. The lowest BCUT2D eigenvalue weighted by Crippen LogP contribution is -2.59. The molecule has 4 fully saturated rings. The molecule has 44 heavy (non-hydrogen) atoms. The number of amides is 3. The van der Waals surface area contributed by atoms with Crippen molar-refractivity contribution in [2.45, 2.75) is 123 Å². The van der Waals surface area contributed by atoms with Crippen molar-refractivity contribution in [3.8, 4) is 0 Å². The number of urea groups is 1. The van der Waals surface area contributed by atoms with Crippen LogP contribution >= 0.6 is 0 Å². The van der Waals surface area contributed by atoms with Gasteiger partial charge in [-0.3, -0.25) is 9.80 Å². The predicted molar refractivity (Wildman–Crippen MR) is 179 cm³/mol. The van der Waals surface area contributed by atoms with Gasteiger partial charge in [0.25, 0.3) is 0 Å². The predicted octanol–water partition coefficient (Wildman–Crippen LogP) is 6.25. The molecule has 5 rings (SSSR count). The molecular formula is C36H61N5O3. The Bertz CT molecular complexity index is 1030. The van der Waals surface area contributed by atoms with Crippen LogP contribution in [0, 0.1) is 11.8 Å². The van der Waals surface area contributed by atoms with E-state index in [1.54, 1.807) is 0 Å². The summed E-state index contributed by atoms with van der Waals surface area (Å²) in [5.41, 5.74) is 0.969. The zero-order valence-electron chi connectivity index (χ0n) is 28.8. The topological polar surface area (TPSA) is 68.4 Å². The molecule has 0 spiro atoms. The first-order chi connectivity index (χ1) is 20.9. The second-order valence-electron chi connectivity index (χ2n) is 15.1. The summed E-state index contributed by atoms with van der Waals surface area (Å²) in [6, 6.07) is 12.9. The molecule has 2 saturated carbocycles. The van der Waals surface area contributed by atoms with Crippen molar-refractivity contribution in [3.05, 3.63) is 35.9 Å². The van der Waals surface area contributed by atoms with Crippen LogP contribution in [0.5, 0.6) is 0 Å². The monoisotopic (exact) mass is 611 g/mol. The fraction of sp³-hybridized carbons (Fsp3) is 0.778. The van der Waals surface area contributed by atoms with Crippen LogP contribution in [0.4, 0.5) is 9.59 Å². The van der Waals surface area contributed by atoms with Gasteiger partial charge in [0.2, 0.25) is 0 Å². The van der Waals surface area contributed by atoms with E-state index in [1.807, 2.05) is 25.7 Å². The molecule has 4 aliphatic rings. The number of hydrogen-bond acceptors (Lipinski definition) is 5. The molecule has 0 aromatic heterocycles. The first-order valence-corrected chi connectivity index (χ1v) is 17.5. The Hall–Kier alpha value is -2.32. The summed E-state index contributed by atoms with van der Waals surface area (Å²) in [5.74, 6) is 0.972. The van der Waals surface area contributed by atoms with Crippen LogP contribution in [0.1, 0.15) is 92.6 Å². The summed E-state index contributed by atoms with van der Waals surface area (Å²) in [6.07, 6.45) is 8.45. The van der Waals surface area contributed by atoms with E-state index in [0.717, 1.165) is 77.2 Å². The van der Waals surface area contributed by atoms with E-state index in [0.29, 0.717) is 17.9 Å². The zero-order chi connectivity index (χ0) is 31.9. The molecule has 1 N–H and O–H groups in total. The lowest BCUT2D eigenvalue weighted by molar-refractivity contribution is -0.0107. The number of nitrogens with zero attached hydrogens (tertiary/aromatic N) is 4. The van der Waals surface area contributed by atoms with Gasteiger partial charge in [0.15, 0.2) is 0 Å². The number of rotatable bonds is 9. The summed E-state index contributed by atoms with van der Waals surface area (Å²) < 4.78 is 5.54. The fourth-order valence-electron chi connectivity index (χ4n) is 6.54. The number of piperazine rings is 2. The van der Waals surface area contributed by atoms with Crippen molar-refractivity contribution in [1.82, 2.24) is 24.9 Å². The Morgan fingerprint density at radius 1 is 0.795 bits per heavy atom. The minimum atomic E-state index is -0.410. The minimum absolute atomic E-state index is 0.133. The standard InChI is InChI=1S/C21H33N3O.C15H28N2O2/c1-17(2)20-16-23(19-11-12-19)14-15-24(20)21(25)22-13-7-6-10-18-8-4-3-5-9-18;1-11(2)13-10-16(12-6-7-12)8-9-17(13)14(18)19-15(3,4)5/h3-5,8-9,17,19-20H,6-7,10-16H2,1-2H3,(H,22,25);11-13H,6-10H2,1-5H3/t20-;13-/m00/s1. The number of aryl methyl sites for hydroxylation is 1. The molecule has 2 aliphatic carbocycles. The van der Waals surface area contributed by atoms with E-state index in [2.05, 4.69) is 78.0 Å². The molecule has 248 valence electrons. The third-order valence-electron chi connectivity index (χ3n) is 9.47. The molecule has 2 heterocycles. The molecule has 0 unspecified atom stereocenters. The van der Waals surface area contributed by atoms with Crippen molar-refractivity contribution in [2.75, 3.05) is 45.8 Å². The highest BCUT2D eigenvalue weighted by Gasteiger charge is 2.40. The van der Waals surface area contributed by atoms with E-state index in [1.165, 1.54) is 31.2 Å². The molecule has 1 aromatic carbocycles. The highest BCUT2D eigenvalue weighted by molar-refractivity contribution is 5.74. The van der Waals surface area contributed by atoms with Gasteiger partial charge in [0.05, 0.1) is 6.04 Å². The third-order valence-corrected chi connectivity index (χ3v) is 9.47. The summed E-state index contributed by atoms with van der Waals surface area (Å²) in [7, 11) is 0. The van der Waals surface area contributed by atoms with E-state index in [-0.39, 0.29) is 18.2 Å². The van der Waals surface area contributed by atoms with Crippen molar-refractivity contribution in [3.63, 3.8) is 0 Å². The summed E-state index contributed by atoms with van der Waals surface area (Å²) in [5, 5.41) is 3.15. The maximum Gasteiger partial charge on any atom is 0.410 e. The number of benzene rings is 1. The van der Waals surface area contributed by atoms with E-state index in [9.17, 15) is 9.59 Å². The maximum absolute atomic E-state index is 12.6. The number of carbonyl (C=O) groups excluding carboxylic acids is 2. The lowest BCUT2D eigenvalue weighted by atomic mass is 9.99. The van der Waals surface area contributed by atoms with Gasteiger partial charge in [-0.25, -0.2) is 9.59 Å². The molecule has 0 bridgehead atoms. The molecule has 0 radical (unpaired) electrons. The molecule has 2 aliphatic heterocycles. The number of carbonyl (C=O) groups is 2. The third kappa shape index (κ3) is 10.6. The van der Waals surface area contributed by atoms with Gasteiger partial charge in [-0.15, -0.1) is 0 Å². The average molecular weight is 612 g/mol. The highest BCUT2D eigenvalue weighted by Crippen LogP contribution is 2.31. The first kappa shape index (κ1) is 34.6. The quantitative estimate of drug-likeness (QED) is 0.335. The number of ether oxygens (including phenoxy) is 1. The van der Waals surface area contributed by atoms with Crippen molar-refractivity contribution in [1.29, 1.82) is 0 Å². The fourth-order valence-corrected chi connectivity index (χ4v) is 6.54. The summed E-state index contributed by atoms with van der Waals surface area (Å²) in [4.78, 5) is 34.1. The van der Waals surface area contributed by atoms with Crippen LogP contribution in [-0.2, 0) is 11.2 Å². The Kier molecular flexibility index (Phi) is 12.4. The number of nitrogens with one attached hydrogen (secondary N) is 1. The molecule has 2 saturated heterocycles. The highest BCUT2D eigenvalue weighted by atomic mass is 16.6. The molecule has 1 aromatic rings. The Morgan fingerprint density at radius 2 is 1.32 bits per heavy atom. The van der Waals surface area contributed by atoms with Gasteiger partial charge in [-0.1, -0.05) is 58.0 Å². The Labute approximate surface area is 267 Å². The van der Waals surface area contributed by atoms with Gasteiger partial charge in [0, 0.05) is 63.9 Å². The van der Waals surface area contributed by atoms with Gasteiger partial charge in [-0.2, -0.15) is 0 Å². The minimum Gasteiger partial charge on any atom is -0.444 e. The summed E-state index contributed by atoms with van der Waals surface area (Å²) >= 11 is 0. The normalized spacial score (nSPS) is 23.4. The number of unbranched alkanes of at least 4 members (excludes halogenated alkanes) is 1. The second-order valence-corrected chi connectivity index (χ2v) is 15.1. The number of hydrogen-bond donors (Lipinski definition) is 1. The largest absolute Gasteiger partial charge is 0.444 e. The summed E-state index contributed by atoms with van der Waals surface area (Å²) in [6.45, 7) is 21.2. The van der Waals surface area contributed by atoms with Crippen LogP contribution in [0.3, 0.4) is 0 Å². The zero-order valence-corrected chi connectivity index (χ0v) is 28.8. The van der Waals surface area contributed by atoms with E-state index < -0.39 is 5.60 Å². The van der Waals surface area contributed by atoms with Crippen LogP contribution < -0.4 is 5.32 Å². The van der Waals surface area contributed by atoms with Crippen LogP contribution in [-0.4, -0.2) is 107 Å². The van der Waals surface area contributed by atoms with Crippen molar-refractivity contribution in [2.24, 2.45) is 11.8 Å². The smallest absolute Gasteiger partial charge is 0.410 e. The molecule has 2 atom stereocenters. The van der Waals surface area contributed by atoms with Gasteiger partial charge in [0.1, 0.15) is 5.60 Å². The average Bonchev–Trinajstić information content (AvgIpc) is 3.90.